The molecule has 0 aromatic heterocycles. The van der Waals surface area contributed by atoms with Gasteiger partial charge in [0.1, 0.15) is 0 Å². The van der Waals surface area contributed by atoms with E-state index in [1.54, 1.807) is 0 Å². The van der Waals surface area contributed by atoms with Crippen molar-refractivity contribution in [3.8, 4) is 0 Å². The second-order valence-electron chi connectivity index (χ2n) is 7.79. The molecule has 1 saturated heterocycles. The van der Waals surface area contributed by atoms with Crippen LogP contribution in [0.3, 0.4) is 0 Å². The first kappa shape index (κ1) is 14.0. The van der Waals surface area contributed by atoms with Gasteiger partial charge in [-0.15, -0.1) is 0 Å². The maximum Gasteiger partial charge on any atom is 0.0110 e. The molecular formula is C19H30N2. The molecule has 2 nitrogen and oxygen atoms in total. The van der Waals surface area contributed by atoms with Crippen molar-refractivity contribution in [3.63, 3.8) is 0 Å². The molecule has 0 N–H and O–H groups in total. The Morgan fingerprint density at radius 2 is 1.67 bits per heavy atom. The van der Waals surface area contributed by atoms with Gasteiger partial charge in [0.25, 0.3) is 0 Å². The van der Waals surface area contributed by atoms with Crippen LogP contribution in [0.2, 0.25) is 0 Å². The van der Waals surface area contributed by atoms with Crippen LogP contribution in [0.1, 0.15) is 32.1 Å². The molecule has 2 fully saturated rings. The highest BCUT2D eigenvalue weighted by Crippen LogP contribution is 2.43. The molecule has 2 heteroatoms. The van der Waals surface area contributed by atoms with Gasteiger partial charge in [-0.1, -0.05) is 24.3 Å². The molecule has 1 aliphatic heterocycles. The van der Waals surface area contributed by atoms with Gasteiger partial charge in [-0.3, -0.25) is 0 Å². The summed E-state index contributed by atoms with van der Waals surface area (Å²) in [5.41, 5.74) is 0. The third kappa shape index (κ3) is 3.27. The minimum atomic E-state index is 0.919. The van der Waals surface area contributed by atoms with Crippen molar-refractivity contribution in [3.05, 3.63) is 24.3 Å². The first-order valence-electron chi connectivity index (χ1n) is 9.15. The summed E-state index contributed by atoms with van der Waals surface area (Å²) in [7, 11) is 0. The summed E-state index contributed by atoms with van der Waals surface area (Å²) in [5, 5.41) is 0. The zero-order valence-electron chi connectivity index (χ0n) is 13.3. The van der Waals surface area contributed by atoms with Crippen LogP contribution in [0.4, 0.5) is 0 Å². The third-order valence-electron chi connectivity index (χ3n) is 6.27. The van der Waals surface area contributed by atoms with Crippen LogP contribution >= 0.6 is 0 Å². The van der Waals surface area contributed by atoms with Crippen molar-refractivity contribution >= 4 is 0 Å². The Morgan fingerprint density at radius 3 is 2.29 bits per heavy atom. The second kappa shape index (κ2) is 6.26. The van der Waals surface area contributed by atoms with Gasteiger partial charge in [0.05, 0.1) is 0 Å². The van der Waals surface area contributed by atoms with Gasteiger partial charge < -0.3 is 9.80 Å². The van der Waals surface area contributed by atoms with Crippen LogP contribution in [0, 0.1) is 23.7 Å². The molecule has 116 valence electrons. The normalized spacial score (nSPS) is 40.2. The standard InChI is InChI=1S/C19H30N2/c1-2-4-16(5-3-1)14-20-8-10-21(11-9-20)15-19-13-17-6-7-18(19)12-17/h1-2,6-7,16-19H,3-5,8-15H2/t16-,17-,18-,19+/m0/s1. The van der Waals surface area contributed by atoms with E-state index in [9.17, 15) is 0 Å². The van der Waals surface area contributed by atoms with Crippen LogP contribution in [0.25, 0.3) is 0 Å². The minimum Gasteiger partial charge on any atom is -0.301 e. The van der Waals surface area contributed by atoms with E-state index >= 15 is 0 Å². The van der Waals surface area contributed by atoms with E-state index in [0.717, 1.165) is 23.7 Å². The fraction of sp³-hybridized carbons (Fsp3) is 0.789. The van der Waals surface area contributed by atoms with Crippen molar-refractivity contribution in [1.29, 1.82) is 0 Å². The van der Waals surface area contributed by atoms with Crippen LogP contribution in [-0.2, 0) is 0 Å². The number of nitrogens with zero attached hydrogens (tertiary/aromatic N) is 2. The third-order valence-corrected chi connectivity index (χ3v) is 6.27. The Morgan fingerprint density at radius 1 is 0.857 bits per heavy atom. The molecule has 0 unspecified atom stereocenters. The molecule has 0 radical (unpaired) electrons. The van der Waals surface area contributed by atoms with Crippen LogP contribution < -0.4 is 0 Å². The van der Waals surface area contributed by atoms with Gasteiger partial charge in [0.15, 0.2) is 0 Å². The SMILES string of the molecule is C1=CC[C@H](CN2CCN(C[C@H]3C[C@H]4C=C[C@H]3C4)CC2)CC1. The molecule has 4 aliphatic rings. The Bertz CT molecular complexity index is 406. The summed E-state index contributed by atoms with van der Waals surface area (Å²) >= 11 is 0. The summed E-state index contributed by atoms with van der Waals surface area (Å²) in [5.74, 6) is 3.75. The first-order valence-corrected chi connectivity index (χ1v) is 9.15. The Kier molecular flexibility index (Phi) is 4.18. The van der Waals surface area contributed by atoms with E-state index in [2.05, 4.69) is 34.1 Å². The van der Waals surface area contributed by atoms with Crippen molar-refractivity contribution in [2.24, 2.45) is 23.7 Å². The lowest BCUT2D eigenvalue weighted by atomic mass is 9.92. The van der Waals surface area contributed by atoms with E-state index < -0.39 is 0 Å². The Balaban J connectivity index is 1.20. The van der Waals surface area contributed by atoms with Gasteiger partial charge >= 0.3 is 0 Å². The fourth-order valence-corrected chi connectivity index (χ4v) is 4.98. The second-order valence-corrected chi connectivity index (χ2v) is 7.79. The minimum absolute atomic E-state index is 0.919. The van der Waals surface area contributed by atoms with Crippen molar-refractivity contribution in [1.82, 2.24) is 9.80 Å². The molecule has 1 heterocycles. The maximum absolute atomic E-state index is 2.75. The van der Waals surface area contributed by atoms with Crippen LogP contribution in [0.15, 0.2) is 24.3 Å². The van der Waals surface area contributed by atoms with Crippen LogP contribution in [0.5, 0.6) is 0 Å². The van der Waals surface area contributed by atoms with E-state index in [1.165, 1.54) is 71.4 Å². The van der Waals surface area contributed by atoms with Crippen molar-refractivity contribution in [2.75, 3.05) is 39.3 Å². The summed E-state index contributed by atoms with van der Waals surface area (Å²) < 4.78 is 0. The highest BCUT2D eigenvalue weighted by molar-refractivity contribution is 5.10. The topological polar surface area (TPSA) is 6.48 Å². The molecule has 1 saturated carbocycles. The summed E-state index contributed by atoms with van der Waals surface area (Å²) in [6.45, 7) is 7.93. The predicted molar refractivity (Wildman–Crippen MR) is 88.2 cm³/mol. The lowest BCUT2D eigenvalue weighted by Crippen LogP contribution is -2.49. The molecule has 0 spiro atoms. The van der Waals surface area contributed by atoms with E-state index in [-0.39, 0.29) is 0 Å². The van der Waals surface area contributed by atoms with Crippen LogP contribution in [-0.4, -0.2) is 49.1 Å². The van der Waals surface area contributed by atoms with E-state index in [0.29, 0.717) is 0 Å². The smallest absolute Gasteiger partial charge is 0.0110 e. The van der Waals surface area contributed by atoms with Gasteiger partial charge in [-0.25, -0.2) is 0 Å². The zero-order chi connectivity index (χ0) is 14.1. The number of hydrogen-bond donors (Lipinski definition) is 0. The molecule has 2 bridgehead atoms. The first-order chi connectivity index (χ1) is 10.4. The van der Waals surface area contributed by atoms with Gasteiger partial charge in [-0.05, 0) is 55.8 Å². The summed E-state index contributed by atoms with van der Waals surface area (Å²) in [6, 6.07) is 0. The quantitative estimate of drug-likeness (QED) is 0.732. The Hall–Kier alpha value is -0.600. The number of fused-ring (bicyclic) bond motifs is 2. The van der Waals surface area contributed by atoms with Gasteiger partial charge in [-0.2, -0.15) is 0 Å². The fourth-order valence-electron chi connectivity index (χ4n) is 4.98. The number of rotatable bonds is 4. The summed E-state index contributed by atoms with van der Waals surface area (Å²) in [4.78, 5) is 5.47. The van der Waals surface area contributed by atoms with Crippen molar-refractivity contribution in [2.45, 2.75) is 32.1 Å². The van der Waals surface area contributed by atoms with E-state index in [4.69, 9.17) is 0 Å². The highest BCUT2D eigenvalue weighted by atomic mass is 15.3. The molecule has 4 rings (SSSR count). The summed E-state index contributed by atoms with van der Waals surface area (Å²) in [6.07, 6.45) is 16.7. The maximum atomic E-state index is 2.75. The van der Waals surface area contributed by atoms with Gasteiger partial charge in [0, 0.05) is 39.3 Å². The van der Waals surface area contributed by atoms with Gasteiger partial charge in [0.2, 0.25) is 0 Å². The number of hydrogen-bond acceptors (Lipinski definition) is 2. The zero-order valence-corrected chi connectivity index (χ0v) is 13.3. The Labute approximate surface area is 129 Å². The highest BCUT2D eigenvalue weighted by Gasteiger charge is 2.36. The lowest BCUT2D eigenvalue weighted by Gasteiger charge is -2.38. The largest absolute Gasteiger partial charge is 0.301 e. The molecule has 0 aromatic rings. The lowest BCUT2D eigenvalue weighted by molar-refractivity contribution is 0.0997. The monoisotopic (exact) mass is 286 g/mol. The van der Waals surface area contributed by atoms with E-state index in [1.807, 2.05) is 0 Å². The number of allylic oxidation sites excluding steroid dienone is 4. The van der Waals surface area contributed by atoms with Crippen molar-refractivity contribution < 1.29 is 0 Å². The molecule has 3 aliphatic carbocycles. The molecule has 21 heavy (non-hydrogen) atoms. The average molecular weight is 286 g/mol. The molecule has 0 amide bonds. The number of piperazine rings is 1. The average Bonchev–Trinajstić information content (AvgIpc) is 3.13. The molecular weight excluding hydrogens is 256 g/mol. The molecule has 4 atom stereocenters. The predicted octanol–water partition coefficient (Wildman–Crippen LogP) is 3.17. The molecule has 0 aromatic carbocycles.